The fourth-order valence-corrected chi connectivity index (χ4v) is 1.72. The van der Waals surface area contributed by atoms with E-state index < -0.39 is 0 Å². The number of hydrogen-bond acceptors (Lipinski definition) is 4. The number of benzene rings is 1. The summed E-state index contributed by atoms with van der Waals surface area (Å²) in [5.74, 6) is 0.118. The van der Waals surface area contributed by atoms with E-state index in [-0.39, 0.29) is 18.4 Å². The number of para-hydroxylation sites is 1. The largest absolute Gasteiger partial charge is 0.484 e. The molecule has 0 radical (unpaired) electrons. The highest BCUT2D eigenvalue weighted by atomic mass is 16.5. The van der Waals surface area contributed by atoms with E-state index in [1.54, 1.807) is 18.2 Å². The fourth-order valence-electron chi connectivity index (χ4n) is 1.72. The van der Waals surface area contributed by atoms with Gasteiger partial charge in [-0.1, -0.05) is 18.2 Å². The molecule has 0 saturated heterocycles. The summed E-state index contributed by atoms with van der Waals surface area (Å²) in [5, 5.41) is 11.9. The Morgan fingerprint density at radius 2 is 1.91 bits per heavy atom. The molecule has 116 valence electrons. The van der Waals surface area contributed by atoms with Crippen LogP contribution in [0.25, 0.3) is 0 Å². The molecule has 22 heavy (non-hydrogen) atoms. The number of aromatic nitrogens is 2. The number of carbonyl (C=O) groups excluding carboxylic acids is 2. The highest BCUT2D eigenvalue weighted by Crippen LogP contribution is 2.07. The summed E-state index contributed by atoms with van der Waals surface area (Å²) in [4.78, 5) is 23.3. The number of nitrogens with zero attached hydrogens (tertiary/aromatic N) is 1. The second-order valence-corrected chi connectivity index (χ2v) is 4.64. The number of hydrogen-bond donors (Lipinski definition) is 3. The molecule has 1 aromatic heterocycles. The van der Waals surface area contributed by atoms with Gasteiger partial charge < -0.3 is 15.4 Å². The van der Waals surface area contributed by atoms with Crippen molar-refractivity contribution in [2.45, 2.75) is 6.92 Å². The SMILES string of the molecule is Cc1cc(C(=O)NCCNC(=O)COc2ccccc2)n[nH]1. The van der Waals surface area contributed by atoms with Crippen LogP contribution in [0.2, 0.25) is 0 Å². The second-order valence-electron chi connectivity index (χ2n) is 4.64. The molecule has 1 aromatic carbocycles. The Labute approximate surface area is 128 Å². The van der Waals surface area contributed by atoms with Gasteiger partial charge in [-0.05, 0) is 25.1 Å². The lowest BCUT2D eigenvalue weighted by Crippen LogP contribution is -2.36. The molecule has 2 aromatic rings. The van der Waals surface area contributed by atoms with E-state index in [4.69, 9.17) is 4.74 Å². The molecule has 2 rings (SSSR count). The average molecular weight is 302 g/mol. The minimum Gasteiger partial charge on any atom is -0.484 e. The van der Waals surface area contributed by atoms with Gasteiger partial charge in [0.05, 0.1) is 0 Å². The van der Waals surface area contributed by atoms with Gasteiger partial charge in [-0.15, -0.1) is 0 Å². The molecule has 3 N–H and O–H groups in total. The lowest BCUT2D eigenvalue weighted by Gasteiger charge is -2.07. The van der Waals surface area contributed by atoms with Crippen LogP contribution < -0.4 is 15.4 Å². The molecule has 0 aliphatic heterocycles. The van der Waals surface area contributed by atoms with Gasteiger partial charge in [0.1, 0.15) is 11.4 Å². The molecule has 0 unspecified atom stereocenters. The summed E-state index contributed by atoms with van der Waals surface area (Å²) >= 11 is 0. The first-order valence-electron chi connectivity index (χ1n) is 6.90. The van der Waals surface area contributed by atoms with Crippen molar-refractivity contribution in [3.63, 3.8) is 0 Å². The summed E-state index contributed by atoms with van der Waals surface area (Å²) in [7, 11) is 0. The normalized spacial score (nSPS) is 10.0. The monoisotopic (exact) mass is 302 g/mol. The Morgan fingerprint density at radius 1 is 1.18 bits per heavy atom. The molecule has 0 atom stereocenters. The number of amides is 2. The number of aryl methyl sites for hydroxylation is 1. The first-order chi connectivity index (χ1) is 10.6. The van der Waals surface area contributed by atoms with Gasteiger partial charge in [-0.3, -0.25) is 14.7 Å². The van der Waals surface area contributed by atoms with E-state index in [9.17, 15) is 9.59 Å². The van der Waals surface area contributed by atoms with Crippen LogP contribution in [0.15, 0.2) is 36.4 Å². The van der Waals surface area contributed by atoms with Gasteiger partial charge in [0.2, 0.25) is 0 Å². The van der Waals surface area contributed by atoms with Crippen LogP contribution in [0, 0.1) is 6.92 Å². The minimum atomic E-state index is -0.279. The predicted octanol–water partition coefficient (Wildman–Crippen LogP) is 0.643. The summed E-state index contributed by atoms with van der Waals surface area (Å²) in [5.41, 5.74) is 1.15. The summed E-state index contributed by atoms with van der Waals surface area (Å²) in [6.07, 6.45) is 0. The van der Waals surface area contributed by atoms with E-state index in [2.05, 4.69) is 20.8 Å². The number of rotatable bonds is 7. The number of ether oxygens (including phenoxy) is 1. The van der Waals surface area contributed by atoms with Gasteiger partial charge in [0.15, 0.2) is 6.61 Å². The van der Waals surface area contributed by atoms with Gasteiger partial charge in [-0.2, -0.15) is 5.10 Å². The van der Waals surface area contributed by atoms with Crippen LogP contribution in [0.3, 0.4) is 0 Å². The highest BCUT2D eigenvalue weighted by Gasteiger charge is 2.08. The van der Waals surface area contributed by atoms with E-state index >= 15 is 0 Å². The molecule has 0 fully saturated rings. The van der Waals surface area contributed by atoms with Crippen LogP contribution in [-0.4, -0.2) is 41.7 Å². The minimum absolute atomic E-state index is 0.0590. The number of carbonyl (C=O) groups is 2. The molecule has 7 heteroatoms. The lowest BCUT2D eigenvalue weighted by atomic mass is 10.3. The molecule has 1 heterocycles. The summed E-state index contributed by atoms with van der Waals surface area (Å²) < 4.78 is 5.30. The molecular weight excluding hydrogens is 284 g/mol. The van der Waals surface area contributed by atoms with E-state index in [1.165, 1.54) is 0 Å². The van der Waals surface area contributed by atoms with Gasteiger partial charge in [0, 0.05) is 18.8 Å². The molecular formula is C15H18N4O3. The first-order valence-corrected chi connectivity index (χ1v) is 6.90. The third-order valence-electron chi connectivity index (χ3n) is 2.78. The summed E-state index contributed by atoms with van der Waals surface area (Å²) in [6, 6.07) is 10.7. The average Bonchev–Trinajstić information content (AvgIpc) is 2.97. The fraction of sp³-hybridized carbons (Fsp3) is 0.267. The zero-order valence-corrected chi connectivity index (χ0v) is 12.3. The Bertz CT molecular complexity index is 625. The van der Waals surface area contributed by atoms with Crippen molar-refractivity contribution >= 4 is 11.8 Å². The zero-order valence-electron chi connectivity index (χ0n) is 12.3. The lowest BCUT2D eigenvalue weighted by molar-refractivity contribution is -0.123. The maximum atomic E-state index is 11.7. The second kappa shape index (κ2) is 7.82. The molecule has 0 aliphatic rings. The third kappa shape index (κ3) is 4.93. The third-order valence-corrected chi connectivity index (χ3v) is 2.78. The first kappa shape index (κ1) is 15.6. The number of H-pyrrole nitrogens is 1. The quantitative estimate of drug-likeness (QED) is 0.654. The molecule has 2 amide bonds. The molecule has 0 aliphatic carbocycles. The van der Waals surface area contributed by atoms with Crippen LogP contribution in [0.1, 0.15) is 16.2 Å². The van der Waals surface area contributed by atoms with E-state index in [1.807, 2.05) is 25.1 Å². The van der Waals surface area contributed by atoms with E-state index in [0.717, 1.165) is 5.69 Å². The van der Waals surface area contributed by atoms with Crippen molar-refractivity contribution in [2.75, 3.05) is 19.7 Å². The van der Waals surface area contributed by atoms with Gasteiger partial charge in [-0.25, -0.2) is 0 Å². The number of aromatic amines is 1. The van der Waals surface area contributed by atoms with Crippen LogP contribution in [-0.2, 0) is 4.79 Å². The maximum absolute atomic E-state index is 11.7. The van der Waals surface area contributed by atoms with Crippen molar-refractivity contribution in [3.05, 3.63) is 47.8 Å². The standard InChI is InChI=1S/C15H18N4O3/c1-11-9-13(19-18-11)15(21)17-8-7-16-14(20)10-22-12-5-3-2-4-6-12/h2-6,9H,7-8,10H2,1H3,(H,16,20)(H,17,21)(H,18,19). The number of nitrogens with one attached hydrogen (secondary N) is 3. The van der Waals surface area contributed by atoms with Crippen molar-refractivity contribution < 1.29 is 14.3 Å². The predicted molar refractivity (Wildman–Crippen MR) is 80.6 cm³/mol. The smallest absolute Gasteiger partial charge is 0.271 e. The van der Waals surface area contributed by atoms with Gasteiger partial charge in [0.25, 0.3) is 11.8 Å². The Hall–Kier alpha value is -2.83. The molecule has 0 spiro atoms. The highest BCUT2D eigenvalue weighted by molar-refractivity contribution is 5.92. The summed E-state index contributed by atoms with van der Waals surface area (Å²) in [6.45, 7) is 2.40. The molecule has 0 bridgehead atoms. The van der Waals surface area contributed by atoms with Crippen LogP contribution in [0.5, 0.6) is 5.75 Å². The van der Waals surface area contributed by atoms with Crippen LogP contribution in [0.4, 0.5) is 0 Å². The van der Waals surface area contributed by atoms with Crippen molar-refractivity contribution in [3.8, 4) is 5.75 Å². The Kier molecular flexibility index (Phi) is 5.53. The maximum Gasteiger partial charge on any atom is 0.271 e. The molecule has 7 nitrogen and oxygen atoms in total. The zero-order chi connectivity index (χ0) is 15.8. The molecule has 0 saturated carbocycles. The Balaban J connectivity index is 1.60. The topological polar surface area (TPSA) is 96.1 Å². The van der Waals surface area contributed by atoms with Crippen molar-refractivity contribution in [1.29, 1.82) is 0 Å². The van der Waals surface area contributed by atoms with E-state index in [0.29, 0.717) is 24.5 Å². The van der Waals surface area contributed by atoms with Crippen LogP contribution >= 0.6 is 0 Å². The van der Waals surface area contributed by atoms with Crippen molar-refractivity contribution in [1.82, 2.24) is 20.8 Å². The van der Waals surface area contributed by atoms with Gasteiger partial charge >= 0.3 is 0 Å². The Morgan fingerprint density at radius 3 is 2.59 bits per heavy atom. The van der Waals surface area contributed by atoms with Crippen molar-refractivity contribution in [2.24, 2.45) is 0 Å².